The molecule has 12 nitrogen and oxygen atoms in total. The molecule has 0 spiro atoms. The Bertz CT molecular complexity index is 2180. The topological polar surface area (TPSA) is 174 Å². The second-order valence-electron chi connectivity index (χ2n) is 14.0. The standard InChI is InChI=1S/C25H29FN6O.C16H17FN4O/c1-16-24-22(30-25(27)29-16)12-18(13-23(24)31-33-11-5-10-32(2)3)20-8-7-19(26)14-21(20)17-6-4-9-28-15-17;1-2-12-15-13(20-16(18)19-12)7-10(8-14(15)21-22)9-3-5-11(17)6-4-9/h4,6-9,14-15,18H,5,10-13H2,1-3H3,(H2,27,29,30);3-6,10,22H,2,7-8H2,1H3,(H2,18,19,20). The monoisotopic (exact) mass is 748 g/mol. The number of oxime groups is 2. The van der Waals surface area contributed by atoms with Crippen LogP contribution in [0.15, 0.2) is 77.3 Å². The Morgan fingerprint density at radius 3 is 2.24 bits per heavy atom. The fourth-order valence-electron chi connectivity index (χ4n) is 7.37. The molecular weight excluding hydrogens is 703 g/mol. The van der Waals surface area contributed by atoms with E-state index in [1.165, 1.54) is 18.2 Å². The number of pyridine rings is 1. The lowest BCUT2D eigenvalue weighted by Crippen LogP contribution is -2.24. The number of nitrogens with two attached hydrogens (primary N) is 2. The molecule has 0 saturated heterocycles. The molecule has 2 aromatic carbocycles. The normalized spacial score (nSPS) is 17.7. The maximum absolute atomic E-state index is 14.2. The average molecular weight is 749 g/mol. The molecule has 5 N–H and O–H groups in total. The minimum Gasteiger partial charge on any atom is -0.411 e. The van der Waals surface area contributed by atoms with Gasteiger partial charge >= 0.3 is 0 Å². The molecule has 2 atom stereocenters. The van der Waals surface area contributed by atoms with E-state index in [1.54, 1.807) is 30.6 Å². The van der Waals surface area contributed by atoms with Crippen LogP contribution in [0, 0.1) is 18.6 Å². The minimum absolute atomic E-state index is 0.0335. The van der Waals surface area contributed by atoms with Crippen LogP contribution in [0.2, 0.25) is 0 Å². The second-order valence-corrected chi connectivity index (χ2v) is 14.0. The van der Waals surface area contributed by atoms with Gasteiger partial charge in [-0.25, -0.2) is 28.7 Å². The molecule has 3 aromatic heterocycles. The highest BCUT2D eigenvalue weighted by atomic mass is 19.1. The van der Waals surface area contributed by atoms with Crippen molar-refractivity contribution in [3.63, 3.8) is 0 Å². The zero-order chi connectivity index (χ0) is 39.1. The molecule has 5 aromatic rings. The van der Waals surface area contributed by atoms with E-state index in [4.69, 9.17) is 16.3 Å². The fourth-order valence-corrected chi connectivity index (χ4v) is 7.37. The molecule has 0 fully saturated rings. The number of hydrogen-bond acceptors (Lipinski definition) is 12. The summed E-state index contributed by atoms with van der Waals surface area (Å²) in [6, 6.07) is 15.1. The van der Waals surface area contributed by atoms with Gasteiger partial charge in [-0.1, -0.05) is 41.5 Å². The van der Waals surface area contributed by atoms with Crippen LogP contribution in [0.25, 0.3) is 11.1 Å². The predicted octanol–water partition coefficient (Wildman–Crippen LogP) is 6.64. The zero-order valence-electron chi connectivity index (χ0n) is 31.5. The summed E-state index contributed by atoms with van der Waals surface area (Å²) in [6.07, 6.45) is 7.54. The summed E-state index contributed by atoms with van der Waals surface area (Å²) in [4.78, 5) is 29.4. The molecule has 0 bridgehead atoms. The zero-order valence-corrected chi connectivity index (χ0v) is 31.5. The van der Waals surface area contributed by atoms with Gasteiger partial charge in [0.2, 0.25) is 11.9 Å². The molecule has 0 radical (unpaired) electrons. The van der Waals surface area contributed by atoms with Crippen molar-refractivity contribution in [1.29, 1.82) is 0 Å². The molecule has 7 rings (SSSR count). The lowest BCUT2D eigenvalue weighted by Gasteiger charge is -2.28. The molecule has 14 heteroatoms. The first-order chi connectivity index (χ1) is 26.5. The van der Waals surface area contributed by atoms with Crippen molar-refractivity contribution < 1.29 is 18.8 Å². The van der Waals surface area contributed by atoms with Gasteiger partial charge in [0.25, 0.3) is 0 Å². The molecule has 2 aliphatic carbocycles. The summed E-state index contributed by atoms with van der Waals surface area (Å²) in [7, 11) is 4.06. The minimum atomic E-state index is -0.283. The van der Waals surface area contributed by atoms with Gasteiger partial charge in [-0.15, -0.1) is 0 Å². The SMILES string of the molecule is CCc1nc(N)nc2c1C(=NO)CC(c1ccc(F)cc1)C2.Cc1nc(N)nc2c1C(=NOCCCN(C)C)CC(c1ccc(F)cc1-c1cccnc1)C2. The first-order valence-corrected chi connectivity index (χ1v) is 18.3. The van der Waals surface area contributed by atoms with Gasteiger partial charge in [0, 0.05) is 48.5 Å². The molecule has 0 aliphatic heterocycles. The Kier molecular flexibility index (Phi) is 12.4. The molecule has 3 heterocycles. The highest BCUT2D eigenvalue weighted by Gasteiger charge is 2.31. The summed E-state index contributed by atoms with van der Waals surface area (Å²) in [6.45, 7) is 5.33. The lowest BCUT2D eigenvalue weighted by molar-refractivity contribution is 0.134. The van der Waals surface area contributed by atoms with Crippen molar-refractivity contribution in [3.8, 4) is 11.1 Å². The van der Waals surface area contributed by atoms with E-state index < -0.39 is 0 Å². The molecular formula is C41H46F2N10O2. The van der Waals surface area contributed by atoms with Crippen LogP contribution in [-0.2, 0) is 24.1 Å². The van der Waals surface area contributed by atoms with E-state index in [9.17, 15) is 14.0 Å². The van der Waals surface area contributed by atoms with E-state index in [0.717, 1.165) is 74.8 Å². The number of rotatable bonds is 9. The molecule has 55 heavy (non-hydrogen) atoms. The highest BCUT2D eigenvalue weighted by Crippen LogP contribution is 2.39. The number of aromatic nitrogens is 5. The Morgan fingerprint density at radius 2 is 1.55 bits per heavy atom. The fraction of sp³-hybridized carbons (Fsp3) is 0.341. The summed E-state index contributed by atoms with van der Waals surface area (Å²) < 4.78 is 27.3. The third-order valence-electron chi connectivity index (χ3n) is 9.83. The van der Waals surface area contributed by atoms with Gasteiger partial charge in [0.15, 0.2) is 0 Å². The van der Waals surface area contributed by atoms with Crippen LogP contribution >= 0.6 is 0 Å². The van der Waals surface area contributed by atoms with Crippen molar-refractivity contribution in [3.05, 3.63) is 124 Å². The van der Waals surface area contributed by atoms with Crippen molar-refractivity contribution in [1.82, 2.24) is 29.8 Å². The number of halogens is 2. The van der Waals surface area contributed by atoms with E-state index in [-0.39, 0.29) is 35.4 Å². The third kappa shape index (κ3) is 9.26. The van der Waals surface area contributed by atoms with Gasteiger partial charge < -0.3 is 26.4 Å². The van der Waals surface area contributed by atoms with Crippen LogP contribution in [0.5, 0.6) is 0 Å². The van der Waals surface area contributed by atoms with Crippen LogP contribution in [0.1, 0.15) is 83.1 Å². The van der Waals surface area contributed by atoms with Gasteiger partial charge in [-0.05, 0) is 106 Å². The van der Waals surface area contributed by atoms with E-state index >= 15 is 0 Å². The van der Waals surface area contributed by atoms with E-state index in [1.807, 2.05) is 46.1 Å². The van der Waals surface area contributed by atoms with Gasteiger partial charge in [-0.2, -0.15) is 0 Å². The summed E-state index contributed by atoms with van der Waals surface area (Å²) in [5.41, 5.74) is 21.7. The van der Waals surface area contributed by atoms with Crippen molar-refractivity contribution in [2.24, 2.45) is 10.3 Å². The number of nitrogens with zero attached hydrogens (tertiary/aromatic N) is 8. The first kappa shape index (κ1) is 38.8. The third-order valence-corrected chi connectivity index (χ3v) is 9.83. The number of aryl methyl sites for hydroxylation is 2. The van der Waals surface area contributed by atoms with Crippen LogP contribution in [0.4, 0.5) is 20.7 Å². The maximum atomic E-state index is 14.2. The largest absolute Gasteiger partial charge is 0.411 e. The van der Waals surface area contributed by atoms with Crippen molar-refractivity contribution >= 4 is 23.3 Å². The maximum Gasteiger partial charge on any atom is 0.220 e. The van der Waals surface area contributed by atoms with Gasteiger partial charge in [-0.3, -0.25) is 4.98 Å². The van der Waals surface area contributed by atoms with Gasteiger partial charge in [0.05, 0.1) is 34.2 Å². The number of hydrogen-bond donors (Lipinski definition) is 3. The molecule has 0 amide bonds. The summed E-state index contributed by atoms with van der Waals surface area (Å²) in [5.74, 6) is 0.0340. The van der Waals surface area contributed by atoms with Crippen molar-refractivity contribution in [2.45, 2.75) is 64.2 Å². The highest BCUT2D eigenvalue weighted by molar-refractivity contribution is 6.04. The Balaban J connectivity index is 0.000000203. The Labute approximate surface area is 319 Å². The van der Waals surface area contributed by atoms with Crippen molar-refractivity contribution in [2.75, 3.05) is 38.7 Å². The summed E-state index contributed by atoms with van der Waals surface area (Å²) >= 11 is 0. The van der Waals surface area contributed by atoms with E-state index in [2.05, 4.69) is 40.1 Å². The van der Waals surface area contributed by atoms with Crippen LogP contribution in [-0.4, -0.2) is 73.7 Å². The quantitative estimate of drug-likeness (QED) is 0.0843. The number of nitrogen functional groups attached to an aromatic ring is 2. The number of fused-ring (bicyclic) bond motifs is 2. The molecule has 286 valence electrons. The van der Waals surface area contributed by atoms with Crippen LogP contribution in [0.3, 0.4) is 0 Å². The Morgan fingerprint density at radius 1 is 0.855 bits per heavy atom. The number of benzene rings is 2. The predicted molar refractivity (Wildman–Crippen MR) is 209 cm³/mol. The lowest BCUT2D eigenvalue weighted by atomic mass is 9.78. The molecule has 0 saturated carbocycles. The van der Waals surface area contributed by atoms with Gasteiger partial charge in [0.1, 0.15) is 18.2 Å². The second kappa shape index (κ2) is 17.5. The van der Waals surface area contributed by atoms with E-state index in [0.29, 0.717) is 44.4 Å². The summed E-state index contributed by atoms with van der Waals surface area (Å²) in [5, 5.41) is 17.3. The number of anilines is 2. The average Bonchev–Trinajstić information content (AvgIpc) is 3.17. The Hall–Kier alpha value is -5.89. The first-order valence-electron chi connectivity index (χ1n) is 18.3. The molecule has 2 aliphatic rings. The smallest absolute Gasteiger partial charge is 0.220 e. The molecule has 2 unspecified atom stereocenters. The van der Waals surface area contributed by atoms with Crippen LogP contribution < -0.4 is 11.5 Å².